The number of nitrogens with zero attached hydrogens (tertiary/aromatic N) is 1. The maximum Gasteiger partial charge on any atom is 0.230 e. The van der Waals surface area contributed by atoms with Crippen molar-refractivity contribution in [3.8, 4) is 11.1 Å². The number of aromatic nitrogens is 1. The van der Waals surface area contributed by atoms with Gasteiger partial charge in [0.2, 0.25) is 5.88 Å². The second-order valence-corrected chi connectivity index (χ2v) is 4.40. The molecule has 19 heavy (non-hydrogen) atoms. The number of anilines is 1. The van der Waals surface area contributed by atoms with Gasteiger partial charge in [-0.15, -0.1) is 0 Å². The first kappa shape index (κ1) is 11.5. The molecule has 3 aromatic rings. The molecular formula is C16H14N2O. The van der Waals surface area contributed by atoms with Crippen LogP contribution in [-0.2, 0) is 6.42 Å². The van der Waals surface area contributed by atoms with E-state index in [9.17, 15) is 0 Å². The number of rotatable bonds is 3. The van der Waals surface area contributed by atoms with Crippen LogP contribution in [0.5, 0.6) is 0 Å². The number of hydrogen-bond donors (Lipinski definition) is 1. The quantitative estimate of drug-likeness (QED) is 0.773. The van der Waals surface area contributed by atoms with Crippen LogP contribution in [0, 0.1) is 0 Å². The van der Waals surface area contributed by atoms with Gasteiger partial charge < -0.3 is 10.3 Å². The first-order valence-electron chi connectivity index (χ1n) is 6.18. The van der Waals surface area contributed by atoms with Crippen molar-refractivity contribution in [1.82, 2.24) is 5.16 Å². The fourth-order valence-electron chi connectivity index (χ4n) is 2.16. The summed E-state index contributed by atoms with van der Waals surface area (Å²) in [5, 5.41) is 4.09. The van der Waals surface area contributed by atoms with E-state index in [1.165, 1.54) is 5.56 Å². The molecule has 3 rings (SSSR count). The molecule has 2 N–H and O–H groups in total. The van der Waals surface area contributed by atoms with Crippen LogP contribution >= 0.6 is 0 Å². The third-order valence-corrected chi connectivity index (χ3v) is 3.07. The zero-order valence-corrected chi connectivity index (χ0v) is 10.4. The topological polar surface area (TPSA) is 52.0 Å². The summed E-state index contributed by atoms with van der Waals surface area (Å²) in [4.78, 5) is 0. The lowest BCUT2D eigenvalue weighted by Crippen LogP contribution is -1.92. The molecular weight excluding hydrogens is 236 g/mol. The van der Waals surface area contributed by atoms with Crippen LogP contribution < -0.4 is 5.73 Å². The molecule has 94 valence electrons. The Bertz CT molecular complexity index is 660. The van der Waals surface area contributed by atoms with Gasteiger partial charge in [0.25, 0.3) is 0 Å². The van der Waals surface area contributed by atoms with Gasteiger partial charge in [-0.2, -0.15) is 0 Å². The molecule has 3 heteroatoms. The van der Waals surface area contributed by atoms with Crippen LogP contribution in [0.4, 0.5) is 5.88 Å². The van der Waals surface area contributed by atoms with Gasteiger partial charge in [0.05, 0.1) is 11.3 Å². The van der Waals surface area contributed by atoms with Gasteiger partial charge in [-0.25, -0.2) is 0 Å². The molecule has 0 amide bonds. The van der Waals surface area contributed by atoms with Gasteiger partial charge in [-0.05, 0) is 11.1 Å². The standard InChI is InChI=1S/C16H14N2O/c17-16-15(13-9-5-2-6-10-13)14(18-19-16)11-12-7-3-1-4-8-12/h1-10H,11,17H2. The average Bonchev–Trinajstić information content (AvgIpc) is 2.82. The first-order valence-corrected chi connectivity index (χ1v) is 6.18. The zero-order chi connectivity index (χ0) is 13.1. The number of nitrogen functional groups attached to an aromatic ring is 1. The smallest absolute Gasteiger partial charge is 0.230 e. The normalized spacial score (nSPS) is 10.5. The largest absolute Gasteiger partial charge is 0.367 e. The maximum atomic E-state index is 5.90. The van der Waals surface area contributed by atoms with Gasteiger partial charge in [0.1, 0.15) is 0 Å². The lowest BCUT2D eigenvalue weighted by atomic mass is 10.0. The molecule has 0 radical (unpaired) electrons. The average molecular weight is 250 g/mol. The highest BCUT2D eigenvalue weighted by Crippen LogP contribution is 2.30. The number of hydrogen-bond acceptors (Lipinski definition) is 3. The lowest BCUT2D eigenvalue weighted by Gasteiger charge is -2.02. The molecule has 0 unspecified atom stereocenters. The molecule has 0 bridgehead atoms. The van der Waals surface area contributed by atoms with Crippen molar-refractivity contribution in [3.63, 3.8) is 0 Å². The van der Waals surface area contributed by atoms with E-state index in [0.717, 1.165) is 16.8 Å². The van der Waals surface area contributed by atoms with Crippen LogP contribution in [-0.4, -0.2) is 5.16 Å². The summed E-state index contributed by atoms with van der Waals surface area (Å²) < 4.78 is 5.15. The van der Waals surface area contributed by atoms with Crippen molar-refractivity contribution in [3.05, 3.63) is 71.9 Å². The van der Waals surface area contributed by atoms with Gasteiger partial charge >= 0.3 is 0 Å². The van der Waals surface area contributed by atoms with Crippen molar-refractivity contribution < 1.29 is 4.52 Å². The second kappa shape index (κ2) is 4.98. The predicted molar refractivity (Wildman–Crippen MR) is 75.6 cm³/mol. The third kappa shape index (κ3) is 2.36. The highest BCUT2D eigenvalue weighted by Gasteiger charge is 2.15. The Labute approximate surface area is 111 Å². The Balaban J connectivity index is 2.00. The minimum atomic E-state index is 0.372. The summed E-state index contributed by atoms with van der Waals surface area (Å²) in [6, 6.07) is 20.1. The van der Waals surface area contributed by atoms with Gasteiger partial charge in [0.15, 0.2) is 0 Å². The van der Waals surface area contributed by atoms with E-state index in [0.29, 0.717) is 12.3 Å². The molecule has 3 nitrogen and oxygen atoms in total. The van der Waals surface area contributed by atoms with E-state index in [4.69, 9.17) is 10.3 Å². The lowest BCUT2D eigenvalue weighted by molar-refractivity contribution is 0.429. The molecule has 1 aromatic heterocycles. The number of benzene rings is 2. The summed E-state index contributed by atoms with van der Waals surface area (Å²) in [7, 11) is 0. The minimum Gasteiger partial charge on any atom is -0.367 e. The fourth-order valence-corrected chi connectivity index (χ4v) is 2.16. The van der Waals surface area contributed by atoms with E-state index in [1.54, 1.807) is 0 Å². The Morgan fingerprint density at radius 1 is 0.895 bits per heavy atom. The van der Waals surface area contributed by atoms with E-state index in [1.807, 2.05) is 48.5 Å². The van der Waals surface area contributed by atoms with E-state index in [2.05, 4.69) is 17.3 Å². The van der Waals surface area contributed by atoms with Crippen LogP contribution in [0.15, 0.2) is 65.2 Å². The SMILES string of the molecule is Nc1onc(Cc2ccccc2)c1-c1ccccc1. The Morgan fingerprint density at radius 3 is 2.21 bits per heavy atom. The molecule has 2 aromatic carbocycles. The summed E-state index contributed by atoms with van der Waals surface area (Å²) in [5.74, 6) is 0.372. The second-order valence-electron chi connectivity index (χ2n) is 4.40. The van der Waals surface area contributed by atoms with E-state index in [-0.39, 0.29) is 0 Å². The Hall–Kier alpha value is -2.55. The molecule has 0 aliphatic rings. The van der Waals surface area contributed by atoms with Crippen LogP contribution in [0.1, 0.15) is 11.3 Å². The minimum absolute atomic E-state index is 0.372. The zero-order valence-electron chi connectivity index (χ0n) is 10.4. The monoisotopic (exact) mass is 250 g/mol. The van der Waals surface area contributed by atoms with Crippen LogP contribution in [0.3, 0.4) is 0 Å². The molecule has 0 atom stereocenters. The Morgan fingerprint density at radius 2 is 1.53 bits per heavy atom. The highest BCUT2D eigenvalue weighted by atomic mass is 16.5. The number of nitrogens with two attached hydrogens (primary N) is 1. The maximum absolute atomic E-state index is 5.90. The summed E-state index contributed by atoms with van der Waals surface area (Å²) in [5.41, 5.74) is 9.88. The van der Waals surface area contributed by atoms with Crippen molar-refractivity contribution >= 4 is 5.88 Å². The van der Waals surface area contributed by atoms with Crippen molar-refractivity contribution in [2.24, 2.45) is 0 Å². The third-order valence-electron chi connectivity index (χ3n) is 3.07. The van der Waals surface area contributed by atoms with Crippen molar-refractivity contribution in [2.45, 2.75) is 6.42 Å². The highest BCUT2D eigenvalue weighted by molar-refractivity contribution is 5.75. The van der Waals surface area contributed by atoms with Gasteiger partial charge in [-0.3, -0.25) is 0 Å². The van der Waals surface area contributed by atoms with Crippen molar-refractivity contribution in [2.75, 3.05) is 5.73 Å². The fraction of sp³-hybridized carbons (Fsp3) is 0.0625. The Kier molecular flexibility index (Phi) is 3.02. The summed E-state index contributed by atoms with van der Waals surface area (Å²) in [6.45, 7) is 0. The summed E-state index contributed by atoms with van der Waals surface area (Å²) in [6.07, 6.45) is 0.714. The van der Waals surface area contributed by atoms with Crippen LogP contribution in [0.25, 0.3) is 11.1 Å². The molecule has 0 aliphatic heterocycles. The summed E-state index contributed by atoms with van der Waals surface area (Å²) >= 11 is 0. The molecule has 0 saturated heterocycles. The predicted octanol–water partition coefficient (Wildman–Crippen LogP) is 3.51. The molecule has 0 saturated carbocycles. The van der Waals surface area contributed by atoms with Crippen molar-refractivity contribution in [1.29, 1.82) is 0 Å². The van der Waals surface area contributed by atoms with Crippen LogP contribution in [0.2, 0.25) is 0 Å². The molecule has 0 aliphatic carbocycles. The molecule has 1 heterocycles. The molecule has 0 spiro atoms. The van der Waals surface area contributed by atoms with Gasteiger partial charge in [0, 0.05) is 6.42 Å². The van der Waals surface area contributed by atoms with E-state index >= 15 is 0 Å². The molecule has 0 fully saturated rings. The van der Waals surface area contributed by atoms with E-state index < -0.39 is 0 Å². The first-order chi connectivity index (χ1) is 9.34. The van der Waals surface area contributed by atoms with Gasteiger partial charge in [-0.1, -0.05) is 65.8 Å².